The lowest BCUT2D eigenvalue weighted by Gasteiger charge is -2.13. The zero-order valence-electron chi connectivity index (χ0n) is 19.2. The molecule has 0 aliphatic heterocycles. The van der Waals surface area contributed by atoms with Gasteiger partial charge in [-0.05, 0) is 86.2 Å². The van der Waals surface area contributed by atoms with Gasteiger partial charge in [-0.3, -0.25) is 4.57 Å². The minimum atomic E-state index is -4.01. The van der Waals surface area contributed by atoms with E-state index in [1.165, 1.54) is 12.1 Å². The predicted octanol–water partition coefficient (Wildman–Crippen LogP) is 6.23. The molecule has 0 amide bonds. The summed E-state index contributed by atoms with van der Waals surface area (Å²) in [6.45, 7) is 0.657. The Morgan fingerprint density at radius 1 is 0.882 bits per heavy atom. The molecule has 0 saturated carbocycles. The Hall–Kier alpha value is -2.31. The lowest BCUT2D eigenvalue weighted by molar-refractivity contribution is 0.371. The zero-order chi connectivity index (χ0) is 24.4. The number of furan rings is 1. The van der Waals surface area contributed by atoms with E-state index in [0.717, 1.165) is 55.2 Å². The highest BCUT2D eigenvalue weighted by Crippen LogP contribution is 2.34. The van der Waals surface area contributed by atoms with Crippen molar-refractivity contribution >= 4 is 7.60 Å². The van der Waals surface area contributed by atoms with E-state index in [1.54, 1.807) is 24.5 Å². The van der Waals surface area contributed by atoms with E-state index in [4.69, 9.17) is 14.2 Å². The Morgan fingerprint density at radius 3 is 2.29 bits per heavy atom. The lowest BCUT2D eigenvalue weighted by Crippen LogP contribution is -2.17. The Balaban J connectivity index is 1.52. The Labute approximate surface area is 199 Å². The highest BCUT2D eigenvalue weighted by molar-refractivity contribution is 7.51. The van der Waals surface area contributed by atoms with E-state index in [-0.39, 0.29) is 24.3 Å². The predicted molar refractivity (Wildman–Crippen MR) is 130 cm³/mol. The number of hydrogen-bond acceptors (Lipinski definition) is 3. The van der Waals surface area contributed by atoms with E-state index in [0.29, 0.717) is 24.3 Å². The smallest absolute Gasteiger partial charge is 0.325 e. The molecule has 8 heteroatoms. The quantitative estimate of drug-likeness (QED) is 0.184. The first kappa shape index (κ1) is 26.3. The molecule has 0 bridgehead atoms. The maximum absolute atomic E-state index is 14.8. The summed E-state index contributed by atoms with van der Waals surface area (Å²) < 4.78 is 44.3. The van der Waals surface area contributed by atoms with Gasteiger partial charge in [-0.2, -0.15) is 0 Å². The van der Waals surface area contributed by atoms with Crippen LogP contribution >= 0.6 is 7.60 Å². The van der Waals surface area contributed by atoms with Crippen LogP contribution < -0.4 is 5.32 Å². The zero-order valence-corrected chi connectivity index (χ0v) is 20.1. The molecule has 3 aromatic rings. The first-order chi connectivity index (χ1) is 16.3. The number of rotatable bonds is 14. The number of unbranched alkanes of at least 4 members (excludes halogenated alkanes) is 3. The molecule has 0 atom stereocenters. The normalized spacial score (nSPS) is 11.8. The van der Waals surface area contributed by atoms with Crippen molar-refractivity contribution in [1.82, 2.24) is 5.32 Å². The monoisotopic (exact) mass is 491 g/mol. The molecule has 184 valence electrons. The van der Waals surface area contributed by atoms with E-state index in [2.05, 4.69) is 5.32 Å². The van der Waals surface area contributed by atoms with Gasteiger partial charge in [0.15, 0.2) is 0 Å². The Bertz CT molecular complexity index is 1070. The third-order valence-corrected chi connectivity index (χ3v) is 6.65. The van der Waals surface area contributed by atoms with E-state index in [9.17, 15) is 13.3 Å². The topological polar surface area (TPSA) is 82.7 Å². The van der Waals surface area contributed by atoms with E-state index in [1.807, 2.05) is 18.2 Å². The van der Waals surface area contributed by atoms with Gasteiger partial charge < -0.3 is 19.5 Å². The molecule has 0 aliphatic rings. The molecule has 0 spiro atoms. The van der Waals surface area contributed by atoms with Crippen LogP contribution in [0.4, 0.5) is 8.78 Å². The third-order valence-electron chi connectivity index (χ3n) is 5.75. The van der Waals surface area contributed by atoms with E-state index >= 15 is 0 Å². The molecule has 0 radical (unpaired) electrons. The van der Waals surface area contributed by atoms with Crippen LogP contribution in [-0.4, -0.2) is 22.5 Å². The fraction of sp³-hybridized carbons (Fsp3) is 0.385. The van der Waals surface area contributed by atoms with Gasteiger partial charge >= 0.3 is 7.60 Å². The van der Waals surface area contributed by atoms with Crippen LogP contribution in [0.5, 0.6) is 0 Å². The minimum absolute atomic E-state index is 0.192. The summed E-state index contributed by atoms with van der Waals surface area (Å²) in [7, 11) is -4.01. The summed E-state index contributed by atoms with van der Waals surface area (Å²) in [6.07, 6.45) is 7.39. The number of nitrogens with one attached hydrogen (secondary N) is 1. The highest BCUT2D eigenvalue weighted by Gasteiger charge is 2.14. The molecule has 3 N–H and O–H groups in total. The lowest BCUT2D eigenvalue weighted by atomic mass is 9.96. The Kier molecular flexibility index (Phi) is 10.0. The standard InChI is InChI=1S/C26H32F2NO4P/c27-23-12-10-20(11-13-23)7-3-1-2-4-8-21-18-25(28)22(17-24(21)26-9-5-15-33-26)19-29-14-6-16-34(30,31)32/h5,9-13,15,17-18,29H,1-4,6-8,14,16,19H2,(H2,30,31,32). The second-order valence-electron chi connectivity index (χ2n) is 8.54. The number of halogens is 2. The molecular formula is C26H32F2NO4P. The minimum Gasteiger partial charge on any atom is -0.464 e. The Morgan fingerprint density at radius 2 is 1.62 bits per heavy atom. The van der Waals surface area contributed by atoms with Gasteiger partial charge in [0.2, 0.25) is 0 Å². The van der Waals surface area contributed by atoms with Crippen LogP contribution in [0.3, 0.4) is 0 Å². The molecule has 0 aliphatic carbocycles. The van der Waals surface area contributed by atoms with Gasteiger partial charge in [-0.15, -0.1) is 0 Å². The van der Waals surface area contributed by atoms with Crippen LogP contribution in [0.1, 0.15) is 48.8 Å². The first-order valence-corrected chi connectivity index (χ1v) is 13.5. The molecule has 5 nitrogen and oxygen atoms in total. The van der Waals surface area contributed by atoms with Crippen molar-refractivity contribution in [2.75, 3.05) is 12.7 Å². The fourth-order valence-corrected chi connectivity index (χ4v) is 4.52. The summed E-state index contributed by atoms with van der Waals surface area (Å²) in [6, 6.07) is 13.7. The van der Waals surface area contributed by atoms with Gasteiger partial charge in [0.05, 0.1) is 12.4 Å². The summed E-state index contributed by atoms with van der Waals surface area (Å²) in [4.78, 5) is 17.9. The summed E-state index contributed by atoms with van der Waals surface area (Å²) in [5.41, 5.74) is 3.39. The number of hydrogen-bond donors (Lipinski definition) is 3. The van der Waals surface area contributed by atoms with E-state index < -0.39 is 7.60 Å². The average Bonchev–Trinajstić information content (AvgIpc) is 3.32. The fourth-order valence-electron chi connectivity index (χ4n) is 3.95. The van der Waals surface area contributed by atoms with Gasteiger partial charge in [0.1, 0.15) is 17.4 Å². The van der Waals surface area contributed by atoms with Crippen molar-refractivity contribution < 1.29 is 27.5 Å². The molecule has 34 heavy (non-hydrogen) atoms. The third kappa shape index (κ3) is 8.80. The molecule has 0 unspecified atom stereocenters. The van der Waals surface area contributed by atoms with Gasteiger partial charge in [0, 0.05) is 17.7 Å². The van der Waals surface area contributed by atoms with Crippen molar-refractivity contribution in [2.24, 2.45) is 0 Å². The molecule has 3 rings (SSSR count). The van der Waals surface area contributed by atoms with Crippen LogP contribution in [0.15, 0.2) is 59.2 Å². The molecule has 2 aromatic carbocycles. The van der Waals surface area contributed by atoms with Crippen molar-refractivity contribution in [3.8, 4) is 11.3 Å². The maximum Gasteiger partial charge on any atom is 0.325 e. The van der Waals surface area contributed by atoms with Gasteiger partial charge in [-0.1, -0.05) is 25.0 Å². The largest absolute Gasteiger partial charge is 0.464 e. The van der Waals surface area contributed by atoms with Crippen LogP contribution in [-0.2, 0) is 24.0 Å². The average molecular weight is 492 g/mol. The summed E-state index contributed by atoms with van der Waals surface area (Å²) in [5.74, 6) is 0.170. The van der Waals surface area contributed by atoms with Crippen LogP contribution in [0.25, 0.3) is 11.3 Å². The summed E-state index contributed by atoms with van der Waals surface area (Å²) in [5, 5.41) is 3.06. The SMILES string of the molecule is O=P(O)(O)CCCNCc1cc(-c2ccco2)c(CCCCCCc2ccc(F)cc2)cc1F. The summed E-state index contributed by atoms with van der Waals surface area (Å²) >= 11 is 0. The molecule has 1 heterocycles. The van der Waals surface area contributed by atoms with Crippen molar-refractivity contribution in [3.63, 3.8) is 0 Å². The van der Waals surface area contributed by atoms with Crippen LogP contribution in [0.2, 0.25) is 0 Å². The molecule has 0 saturated heterocycles. The maximum atomic E-state index is 14.8. The second kappa shape index (κ2) is 13.0. The van der Waals surface area contributed by atoms with Crippen molar-refractivity contribution in [3.05, 3.63) is 83.1 Å². The molecule has 0 fully saturated rings. The first-order valence-electron chi connectivity index (χ1n) is 11.7. The van der Waals surface area contributed by atoms with Crippen molar-refractivity contribution in [2.45, 2.75) is 51.5 Å². The van der Waals surface area contributed by atoms with Gasteiger partial charge in [-0.25, -0.2) is 8.78 Å². The molecule has 1 aromatic heterocycles. The molecular weight excluding hydrogens is 459 g/mol. The number of aryl methyl sites for hydroxylation is 2. The highest BCUT2D eigenvalue weighted by atomic mass is 31.2. The van der Waals surface area contributed by atoms with Gasteiger partial charge in [0.25, 0.3) is 0 Å². The van der Waals surface area contributed by atoms with Crippen molar-refractivity contribution in [1.29, 1.82) is 0 Å². The second-order valence-corrected chi connectivity index (χ2v) is 10.3. The number of benzene rings is 2. The van der Waals surface area contributed by atoms with Crippen LogP contribution in [0, 0.1) is 11.6 Å².